The number of fused-ring (bicyclic) bond motifs is 1. The van der Waals surface area contributed by atoms with Crippen molar-refractivity contribution in [2.45, 2.75) is 39.0 Å². The van der Waals surface area contributed by atoms with Gasteiger partial charge in [-0.3, -0.25) is 0 Å². The third kappa shape index (κ3) is 3.83. The summed E-state index contributed by atoms with van der Waals surface area (Å²) in [5.74, 6) is 1.70. The molecule has 2 aromatic carbocycles. The van der Waals surface area contributed by atoms with Crippen LogP contribution in [0.15, 0.2) is 48.5 Å². The van der Waals surface area contributed by atoms with Gasteiger partial charge in [0.05, 0.1) is 17.6 Å². The van der Waals surface area contributed by atoms with Crippen molar-refractivity contribution in [3.63, 3.8) is 0 Å². The number of rotatable bonds is 7. The molecule has 25 heavy (non-hydrogen) atoms. The summed E-state index contributed by atoms with van der Waals surface area (Å²) in [6, 6.07) is 15.5. The second kappa shape index (κ2) is 7.68. The number of aliphatic hydroxyl groups excluding tert-OH is 2. The Bertz CT molecular complexity index is 842. The maximum absolute atomic E-state index is 10.4. The van der Waals surface area contributed by atoms with Crippen LogP contribution in [0.3, 0.4) is 0 Å². The minimum Gasteiger partial charge on any atom is -0.491 e. The highest BCUT2D eigenvalue weighted by Crippen LogP contribution is 2.26. The Labute approximate surface area is 147 Å². The van der Waals surface area contributed by atoms with E-state index in [0.717, 1.165) is 22.3 Å². The zero-order valence-corrected chi connectivity index (χ0v) is 14.6. The van der Waals surface area contributed by atoms with Crippen LogP contribution >= 0.6 is 0 Å². The van der Waals surface area contributed by atoms with E-state index in [0.29, 0.717) is 18.3 Å². The summed E-state index contributed by atoms with van der Waals surface area (Å²) in [6.45, 7) is 4.56. The molecule has 0 aliphatic rings. The molecule has 2 N–H and O–H groups in total. The van der Waals surface area contributed by atoms with Gasteiger partial charge in [0.1, 0.15) is 30.9 Å². The number of benzene rings is 2. The van der Waals surface area contributed by atoms with Crippen LogP contribution in [0, 0.1) is 0 Å². The van der Waals surface area contributed by atoms with E-state index in [1.54, 1.807) is 0 Å². The Balaban J connectivity index is 1.73. The molecule has 1 atom stereocenters. The number of hydrogen-bond acceptors (Lipinski definition) is 4. The van der Waals surface area contributed by atoms with Crippen LogP contribution in [0.1, 0.15) is 31.2 Å². The Hall–Kier alpha value is -2.37. The summed E-state index contributed by atoms with van der Waals surface area (Å²) >= 11 is 0. The van der Waals surface area contributed by atoms with Crippen molar-refractivity contribution in [3.8, 4) is 5.75 Å². The molecule has 0 aliphatic heterocycles. The second-order valence-electron chi connectivity index (χ2n) is 6.44. The summed E-state index contributed by atoms with van der Waals surface area (Å²) in [4.78, 5) is 4.40. The van der Waals surface area contributed by atoms with Gasteiger partial charge in [0.25, 0.3) is 0 Å². The predicted octanol–water partition coefficient (Wildman–Crippen LogP) is 3.09. The first-order valence-electron chi connectivity index (χ1n) is 8.55. The Morgan fingerprint density at radius 2 is 1.80 bits per heavy atom. The van der Waals surface area contributed by atoms with Gasteiger partial charge in [0, 0.05) is 0 Å². The molecule has 0 spiro atoms. The lowest BCUT2D eigenvalue weighted by molar-refractivity contribution is 0.0909. The van der Waals surface area contributed by atoms with Gasteiger partial charge in [0.15, 0.2) is 0 Å². The van der Waals surface area contributed by atoms with Crippen LogP contribution in [0.5, 0.6) is 5.75 Å². The molecular formula is C20H24N2O3. The van der Waals surface area contributed by atoms with Crippen molar-refractivity contribution >= 4 is 11.0 Å². The molecule has 3 aromatic rings. The van der Waals surface area contributed by atoms with Gasteiger partial charge in [-0.15, -0.1) is 0 Å². The molecule has 0 fully saturated rings. The van der Waals surface area contributed by atoms with Crippen LogP contribution in [-0.4, -0.2) is 32.5 Å². The fourth-order valence-electron chi connectivity index (χ4n) is 2.99. The van der Waals surface area contributed by atoms with E-state index in [9.17, 15) is 10.2 Å². The van der Waals surface area contributed by atoms with E-state index < -0.39 is 6.10 Å². The molecule has 0 aliphatic carbocycles. The third-order valence-corrected chi connectivity index (χ3v) is 4.24. The van der Waals surface area contributed by atoms with Gasteiger partial charge in [-0.2, -0.15) is 0 Å². The first-order valence-corrected chi connectivity index (χ1v) is 8.55. The number of hydrogen-bond donors (Lipinski definition) is 2. The molecule has 0 radical (unpaired) electrons. The van der Waals surface area contributed by atoms with Gasteiger partial charge >= 0.3 is 0 Å². The fourth-order valence-corrected chi connectivity index (χ4v) is 2.99. The summed E-state index contributed by atoms with van der Waals surface area (Å²) in [6.07, 6.45) is -0.705. The van der Waals surface area contributed by atoms with Crippen molar-refractivity contribution in [2.24, 2.45) is 0 Å². The first-order chi connectivity index (χ1) is 12.1. The van der Waals surface area contributed by atoms with Gasteiger partial charge in [-0.1, -0.05) is 44.2 Å². The number of imidazole rings is 1. The normalized spacial score (nSPS) is 12.7. The van der Waals surface area contributed by atoms with Crippen LogP contribution < -0.4 is 4.74 Å². The van der Waals surface area contributed by atoms with Crippen LogP contribution in [0.4, 0.5) is 0 Å². The summed E-state index contributed by atoms with van der Waals surface area (Å²) in [5, 5.41) is 20.0. The van der Waals surface area contributed by atoms with E-state index >= 15 is 0 Å². The van der Waals surface area contributed by atoms with Crippen molar-refractivity contribution in [1.82, 2.24) is 9.55 Å². The molecule has 1 unspecified atom stereocenters. The van der Waals surface area contributed by atoms with Crippen molar-refractivity contribution < 1.29 is 14.9 Å². The van der Waals surface area contributed by atoms with Gasteiger partial charge in [-0.05, 0) is 29.7 Å². The molecule has 1 aromatic heterocycles. The lowest BCUT2D eigenvalue weighted by Crippen LogP contribution is -2.25. The van der Waals surface area contributed by atoms with E-state index in [4.69, 9.17) is 4.74 Å². The summed E-state index contributed by atoms with van der Waals surface area (Å²) in [7, 11) is 0. The highest BCUT2D eigenvalue weighted by Gasteiger charge is 2.15. The van der Waals surface area contributed by atoms with Gasteiger partial charge in [-0.25, -0.2) is 4.98 Å². The topological polar surface area (TPSA) is 67.5 Å². The van der Waals surface area contributed by atoms with E-state index in [2.05, 4.69) is 18.8 Å². The lowest BCUT2D eigenvalue weighted by atomic mass is 10.0. The molecule has 132 valence electrons. The smallest absolute Gasteiger partial charge is 0.135 e. The predicted molar refractivity (Wildman–Crippen MR) is 97.7 cm³/mol. The average molecular weight is 340 g/mol. The Morgan fingerprint density at radius 3 is 2.56 bits per heavy atom. The highest BCUT2D eigenvalue weighted by atomic mass is 16.5. The van der Waals surface area contributed by atoms with E-state index in [-0.39, 0.29) is 13.2 Å². The monoisotopic (exact) mass is 340 g/mol. The lowest BCUT2D eigenvalue weighted by Gasteiger charge is -2.18. The minimum absolute atomic E-state index is 0.168. The largest absolute Gasteiger partial charge is 0.491 e. The molecule has 0 bridgehead atoms. The van der Waals surface area contributed by atoms with Crippen LogP contribution in [-0.2, 0) is 13.2 Å². The number of nitrogens with zero attached hydrogens (tertiary/aromatic N) is 2. The molecule has 0 amide bonds. The fraction of sp³-hybridized carbons (Fsp3) is 0.350. The Morgan fingerprint density at radius 1 is 1.08 bits per heavy atom. The van der Waals surface area contributed by atoms with Gasteiger partial charge in [0.2, 0.25) is 0 Å². The first kappa shape index (κ1) is 17.5. The Kier molecular flexibility index (Phi) is 5.36. The van der Waals surface area contributed by atoms with Gasteiger partial charge < -0.3 is 19.5 Å². The van der Waals surface area contributed by atoms with Crippen LogP contribution in [0.25, 0.3) is 11.0 Å². The quantitative estimate of drug-likeness (QED) is 0.693. The van der Waals surface area contributed by atoms with E-state index in [1.807, 2.05) is 53.1 Å². The molecule has 0 saturated heterocycles. The van der Waals surface area contributed by atoms with Crippen LogP contribution in [0.2, 0.25) is 0 Å². The molecule has 5 nitrogen and oxygen atoms in total. The molecule has 0 saturated carbocycles. The zero-order chi connectivity index (χ0) is 17.8. The minimum atomic E-state index is -0.705. The van der Waals surface area contributed by atoms with Crippen molar-refractivity contribution in [3.05, 3.63) is 59.9 Å². The molecule has 1 heterocycles. The maximum atomic E-state index is 10.4. The third-order valence-electron chi connectivity index (χ3n) is 4.24. The number of aromatic nitrogens is 2. The molecule has 5 heteroatoms. The maximum Gasteiger partial charge on any atom is 0.135 e. The molecular weight excluding hydrogens is 316 g/mol. The summed E-state index contributed by atoms with van der Waals surface area (Å²) in [5.41, 5.74) is 2.83. The number of para-hydroxylation sites is 3. The number of aliphatic hydroxyl groups is 2. The highest BCUT2D eigenvalue weighted by molar-refractivity contribution is 5.75. The average Bonchev–Trinajstić information content (AvgIpc) is 2.98. The SMILES string of the molecule is CC(C)c1ccccc1OCC(O)Cn1c(CO)nc2ccccc21. The number of ether oxygens (including phenoxy) is 1. The van der Waals surface area contributed by atoms with Crippen molar-refractivity contribution in [1.29, 1.82) is 0 Å². The standard InChI is InChI=1S/C20H24N2O3/c1-14(2)16-7-3-6-10-19(16)25-13-15(24)11-22-18-9-5-4-8-17(18)21-20(22)12-23/h3-10,14-15,23-24H,11-13H2,1-2H3. The molecule has 3 rings (SSSR count). The second-order valence-corrected chi connectivity index (χ2v) is 6.44. The van der Waals surface area contributed by atoms with Crippen molar-refractivity contribution in [2.75, 3.05) is 6.61 Å². The summed E-state index contributed by atoms with van der Waals surface area (Å²) < 4.78 is 7.69. The van der Waals surface area contributed by atoms with E-state index in [1.165, 1.54) is 0 Å². The zero-order valence-electron chi connectivity index (χ0n) is 14.6.